The van der Waals surface area contributed by atoms with Gasteiger partial charge >= 0.3 is 0 Å². The molecule has 0 spiro atoms. The van der Waals surface area contributed by atoms with Crippen molar-refractivity contribution in [1.82, 2.24) is 14.9 Å². The Balaban J connectivity index is 1.53. The molecule has 4 heteroatoms. The minimum atomic E-state index is 0.917. The summed E-state index contributed by atoms with van der Waals surface area (Å²) in [5, 5.41) is 6.98. The number of para-hydroxylation sites is 1. The zero-order valence-corrected chi connectivity index (χ0v) is 11.3. The lowest BCUT2D eigenvalue weighted by Gasteiger charge is -2.10. The maximum absolute atomic E-state index is 4.33. The summed E-state index contributed by atoms with van der Waals surface area (Å²) in [6, 6.07) is 6.57. The summed E-state index contributed by atoms with van der Waals surface area (Å²) in [7, 11) is 2.04. The number of benzene rings is 1. The molecule has 0 aliphatic carbocycles. The molecule has 2 N–H and O–H groups in total. The Bertz CT molecular complexity index is 559. The van der Waals surface area contributed by atoms with Gasteiger partial charge in [-0.3, -0.25) is 0 Å². The SMILES string of the molecule is Cn1ccnc1CCNCc1cccc2c1NCC2. The molecule has 0 radical (unpaired) electrons. The van der Waals surface area contributed by atoms with Crippen LogP contribution >= 0.6 is 0 Å². The van der Waals surface area contributed by atoms with Crippen molar-refractivity contribution >= 4 is 5.69 Å². The number of nitrogens with zero attached hydrogens (tertiary/aromatic N) is 2. The number of nitrogens with one attached hydrogen (secondary N) is 2. The molecule has 2 aromatic rings. The smallest absolute Gasteiger partial charge is 0.109 e. The van der Waals surface area contributed by atoms with E-state index in [1.54, 1.807) is 0 Å². The summed E-state index contributed by atoms with van der Waals surface area (Å²) in [5.41, 5.74) is 4.16. The predicted octanol–water partition coefficient (Wildman–Crippen LogP) is 1.72. The Kier molecular flexibility index (Phi) is 3.51. The van der Waals surface area contributed by atoms with Crippen molar-refractivity contribution in [2.24, 2.45) is 7.05 Å². The van der Waals surface area contributed by atoms with Gasteiger partial charge in [0.05, 0.1) is 0 Å². The number of aryl methyl sites for hydroxylation is 1. The second-order valence-corrected chi connectivity index (χ2v) is 5.01. The zero-order valence-electron chi connectivity index (χ0n) is 11.3. The summed E-state index contributed by atoms with van der Waals surface area (Å²) in [6.45, 7) is 2.94. The lowest BCUT2D eigenvalue weighted by atomic mass is 10.1. The highest BCUT2D eigenvalue weighted by Gasteiger charge is 2.12. The van der Waals surface area contributed by atoms with E-state index in [1.807, 2.05) is 19.4 Å². The van der Waals surface area contributed by atoms with Crippen molar-refractivity contribution in [3.63, 3.8) is 0 Å². The summed E-state index contributed by atoms with van der Waals surface area (Å²) in [6.07, 6.45) is 5.95. The number of anilines is 1. The minimum Gasteiger partial charge on any atom is -0.384 e. The van der Waals surface area contributed by atoms with Gasteiger partial charge in [-0.15, -0.1) is 0 Å². The molecule has 4 nitrogen and oxygen atoms in total. The minimum absolute atomic E-state index is 0.917. The highest BCUT2D eigenvalue weighted by molar-refractivity contribution is 5.61. The van der Waals surface area contributed by atoms with Crippen LogP contribution in [0, 0.1) is 0 Å². The Morgan fingerprint density at radius 1 is 1.42 bits per heavy atom. The van der Waals surface area contributed by atoms with E-state index >= 15 is 0 Å². The molecular formula is C15H20N4. The number of hydrogen-bond acceptors (Lipinski definition) is 3. The summed E-state index contributed by atoms with van der Waals surface area (Å²) in [4.78, 5) is 4.33. The molecule has 0 atom stereocenters. The molecule has 0 saturated carbocycles. The van der Waals surface area contributed by atoms with Crippen LogP contribution in [-0.4, -0.2) is 22.6 Å². The molecule has 0 fully saturated rings. The first-order chi connectivity index (χ1) is 9.34. The van der Waals surface area contributed by atoms with E-state index in [9.17, 15) is 0 Å². The number of hydrogen-bond donors (Lipinski definition) is 2. The van der Waals surface area contributed by atoms with Crippen LogP contribution in [0.25, 0.3) is 0 Å². The van der Waals surface area contributed by atoms with E-state index in [1.165, 1.54) is 16.8 Å². The molecule has 1 aliphatic heterocycles. The molecule has 2 heterocycles. The van der Waals surface area contributed by atoms with Crippen LogP contribution in [0.3, 0.4) is 0 Å². The molecule has 0 bridgehead atoms. The van der Waals surface area contributed by atoms with Gasteiger partial charge in [-0.25, -0.2) is 4.98 Å². The fourth-order valence-corrected chi connectivity index (χ4v) is 2.62. The lowest BCUT2D eigenvalue weighted by Crippen LogP contribution is -2.18. The summed E-state index contributed by atoms with van der Waals surface area (Å²) < 4.78 is 2.07. The number of aromatic nitrogens is 2. The molecule has 1 aromatic carbocycles. The average molecular weight is 256 g/mol. The van der Waals surface area contributed by atoms with Crippen molar-refractivity contribution in [2.75, 3.05) is 18.4 Å². The molecular weight excluding hydrogens is 236 g/mol. The molecule has 19 heavy (non-hydrogen) atoms. The van der Waals surface area contributed by atoms with Crippen molar-refractivity contribution < 1.29 is 0 Å². The highest BCUT2D eigenvalue weighted by atomic mass is 15.0. The van der Waals surface area contributed by atoms with Gasteiger partial charge in [-0.05, 0) is 17.5 Å². The second-order valence-electron chi connectivity index (χ2n) is 5.01. The largest absolute Gasteiger partial charge is 0.384 e. The third kappa shape index (κ3) is 2.63. The summed E-state index contributed by atoms with van der Waals surface area (Å²) in [5.74, 6) is 1.13. The Morgan fingerprint density at radius 3 is 3.21 bits per heavy atom. The van der Waals surface area contributed by atoms with Crippen LogP contribution in [0.2, 0.25) is 0 Å². The van der Waals surface area contributed by atoms with Crippen LogP contribution in [0.4, 0.5) is 5.69 Å². The van der Waals surface area contributed by atoms with E-state index in [4.69, 9.17) is 0 Å². The Morgan fingerprint density at radius 2 is 2.37 bits per heavy atom. The second kappa shape index (κ2) is 5.45. The maximum atomic E-state index is 4.33. The molecule has 0 unspecified atom stereocenters. The van der Waals surface area contributed by atoms with E-state index in [0.717, 1.165) is 38.3 Å². The van der Waals surface area contributed by atoms with E-state index in [2.05, 4.69) is 38.4 Å². The van der Waals surface area contributed by atoms with Gasteiger partial charge in [0.2, 0.25) is 0 Å². The standard InChI is InChI=1S/C15H20N4/c1-19-10-9-17-14(19)6-7-16-11-13-4-2-3-12-5-8-18-15(12)13/h2-4,9-10,16,18H,5-8,11H2,1H3. The van der Waals surface area contributed by atoms with Crippen molar-refractivity contribution in [3.05, 3.63) is 47.5 Å². The Hall–Kier alpha value is -1.81. The van der Waals surface area contributed by atoms with Gasteiger partial charge in [-0.2, -0.15) is 0 Å². The normalized spacial score (nSPS) is 13.3. The topological polar surface area (TPSA) is 41.9 Å². The van der Waals surface area contributed by atoms with Gasteiger partial charge in [-0.1, -0.05) is 18.2 Å². The zero-order chi connectivity index (χ0) is 13.1. The van der Waals surface area contributed by atoms with Gasteiger partial charge in [0.1, 0.15) is 5.82 Å². The molecule has 0 amide bonds. The average Bonchev–Trinajstić information content (AvgIpc) is 3.04. The van der Waals surface area contributed by atoms with Crippen LogP contribution in [0.15, 0.2) is 30.6 Å². The quantitative estimate of drug-likeness (QED) is 0.800. The first-order valence-corrected chi connectivity index (χ1v) is 6.86. The molecule has 1 aromatic heterocycles. The van der Waals surface area contributed by atoms with E-state index in [0.29, 0.717) is 0 Å². The number of rotatable bonds is 5. The molecule has 0 saturated heterocycles. The van der Waals surface area contributed by atoms with Crippen LogP contribution < -0.4 is 10.6 Å². The Labute approximate surface area is 113 Å². The third-order valence-corrected chi connectivity index (χ3v) is 3.69. The number of fused-ring (bicyclic) bond motifs is 1. The lowest BCUT2D eigenvalue weighted by molar-refractivity contribution is 0.655. The highest BCUT2D eigenvalue weighted by Crippen LogP contribution is 2.26. The van der Waals surface area contributed by atoms with Gasteiger partial charge in [0.25, 0.3) is 0 Å². The van der Waals surface area contributed by atoms with Crippen LogP contribution in [0.1, 0.15) is 17.0 Å². The van der Waals surface area contributed by atoms with Gasteiger partial charge in [0.15, 0.2) is 0 Å². The van der Waals surface area contributed by atoms with Crippen molar-refractivity contribution in [3.8, 4) is 0 Å². The molecule has 1 aliphatic rings. The van der Waals surface area contributed by atoms with Crippen LogP contribution in [0.5, 0.6) is 0 Å². The van der Waals surface area contributed by atoms with Crippen molar-refractivity contribution in [2.45, 2.75) is 19.4 Å². The van der Waals surface area contributed by atoms with Gasteiger partial charge in [0, 0.05) is 51.2 Å². The molecule has 100 valence electrons. The monoisotopic (exact) mass is 256 g/mol. The summed E-state index contributed by atoms with van der Waals surface area (Å²) >= 11 is 0. The fourth-order valence-electron chi connectivity index (χ4n) is 2.62. The van der Waals surface area contributed by atoms with Crippen LogP contribution in [-0.2, 0) is 26.4 Å². The van der Waals surface area contributed by atoms with E-state index < -0.39 is 0 Å². The maximum Gasteiger partial charge on any atom is 0.109 e. The van der Waals surface area contributed by atoms with E-state index in [-0.39, 0.29) is 0 Å². The molecule has 3 rings (SSSR count). The third-order valence-electron chi connectivity index (χ3n) is 3.69. The first kappa shape index (κ1) is 12.2. The predicted molar refractivity (Wildman–Crippen MR) is 77.3 cm³/mol. The first-order valence-electron chi connectivity index (χ1n) is 6.86. The number of imidazole rings is 1. The van der Waals surface area contributed by atoms with Crippen molar-refractivity contribution in [1.29, 1.82) is 0 Å². The fraction of sp³-hybridized carbons (Fsp3) is 0.400. The van der Waals surface area contributed by atoms with Gasteiger partial charge < -0.3 is 15.2 Å².